The Morgan fingerprint density at radius 3 is 2.50 bits per heavy atom. The smallest absolute Gasteiger partial charge is 0.319 e. The van der Waals surface area contributed by atoms with Gasteiger partial charge < -0.3 is 34.1 Å². The summed E-state index contributed by atoms with van der Waals surface area (Å²) in [5.74, 6) is -2.09. The molecule has 4 aromatic rings. The average molecular weight is 678 g/mol. The van der Waals surface area contributed by atoms with E-state index in [1.165, 1.54) is 12.3 Å². The lowest BCUT2D eigenvalue weighted by molar-refractivity contribution is -0.0974. The van der Waals surface area contributed by atoms with E-state index < -0.39 is 31.5 Å². The fraction of sp³-hybridized carbons (Fsp3) is 0.400. The predicted molar refractivity (Wildman–Crippen MR) is 182 cm³/mol. The van der Waals surface area contributed by atoms with Crippen molar-refractivity contribution in [3.8, 4) is 34.4 Å². The van der Waals surface area contributed by atoms with Crippen LogP contribution in [0.15, 0.2) is 48.8 Å². The molecule has 0 saturated carbocycles. The maximum atomic E-state index is 15.4. The van der Waals surface area contributed by atoms with Gasteiger partial charge in [-0.2, -0.15) is 5.26 Å². The Balaban J connectivity index is 1.48. The van der Waals surface area contributed by atoms with E-state index in [-0.39, 0.29) is 29.7 Å². The number of nitrogens with zero attached hydrogens (tertiary/aromatic N) is 3. The lowest BCUT2D eigenvalue weighted by Crippen LogP contribution is -2.49. The number of nitriles is 1. The third-order valence-electron chi connectivity index (χ3n) is 7.77. The fourth-order valence-corrected chi connectivity index (χ4v) is 5.88. The van der Waals surface area contributed by atoms with Gasteiger partial charge in [0.25, 0.3) is 0 Å². The zero-order valence-corrected chi connectivity index (χ0v) is 29.1. The van der Waals surface area contributed by atoms with Crippen molar-refractivity contribution in [2.75, 3.05) is 31.7 Å². The molecule has 48 heavy (non-hydrogen) atoms. The normalized spacial score (nSPS) is 14.0. The van der Waals surface area contributed by atoms with Crippen LogP contribution in [-0.4, -0.2) is 56.1 Å². The number of rotatable bonds is 13. The number of aromatic nitrogens is 2. The molecule has 1 fully saturated rings. The average Bonchev–Trinajstić information content (AvgIpc) is 3.37. The molecule has 0 bridgehead atoms. The maximum absolute atomic E-state index is 15.4. The second kappa shape index (κ2) is 14.3. The molecule has 5 rings (SSSR count). The monoisotopic (exact) mass is 677 g/mol. The van der Waals surface area contributed by atoms with Gasteiger partial charge in [-0.3, -0.25) is 0 Å². The number of anilines is 1. The molecule has 0 atom stereocenters. The highest BCUT2D eigenvalue weighted by Gasteiger charge is 2.33. The number of ether oxygens (including phenoxy) is 4. The lowest BCUT2D eigenvalue weighted by Gasteiger charge is -2.37. The number of carbonyl (C=O) groups excluding carboxylic acids is 1. The van der Waals surface area contributed by atoms with Crippen molar-refractivity contribution in [1.29, 1.82) is 5.26 Å². The molecule has 0 aliphatic carbocycles. The third kappa shape index (κ3) is 8.31. The van der Waals surface area contributed by atoms with E-state index in [1.807, 2.05) is 31.5 Å². The first kappa shape index (κ1) is 34.8. The van der Waals surface area contributed by atoms with E-state index in [1.54, 1.807) is 18.2 Å². The van der Waals surface area contributed by atoms with Gasteiger partial charge in [-0.05, 0) is 43.7 Å². The van der Waals surface area contributed by atoms with Gasteiger partial charge in [-0.25, -0.2) is 18.6 Å². The summed E-state index contributed by atoms with van der Waals surface area (Å²) in [5.41, 5.74) is 1.94. The van der Waals surface area contributed by atoms with Gasteiger partial charge in [0.05, 0.1) is 30.3 Å². The molecule has 13 heteroatoms. The Labute approximate surface area is 280 Å². The van der Waals surface area contributed by atoms with Crippen LogP contribution in [0.2, 0.25) is 25.7 Å². The number of halogens is 2. The van der Waals surface area contributed by atoms with Crippen molar-refractivity contribution in [3.63, 3.8) is 0 Å². The van der Waals surface area contributed by atoms with E-state index in [9.17, 15) is 10.1 Å². The third-order valence-corrected chi connectivity index (χ3v) is 9.47. The van der Waals surface area contributed by atoms with Crippen molar-refractivity contribution in [2.45, 2.75) is 59.3 Å². The first-order valence-corrected chi connectivity index (χ1v) is 19.5. The van der Waals surface area contributed by atoms with Gasteiger partial charge in [0.15, 0.2) is 17.4 Å². The van der Waals surface area contributed by atoms with Gasteiger partial charge in [0, 0.05) is 62.4 Å². The number of hydrogen-bond acceptors (Lipinski definition) is 7. The number of fused-ring (bicyclic) bond motifs is 1. The zero-order chi connectivity index (χ0) is 34.6. The molecule has 1 saturated heterocycles. The molecule has 254 valence electrons. The first-order valence-electron chi connectivity index (χ1n) is 15.8. The number of hydrogen-bond donors (Lipinski definition) is 2. The highest BCUT2D eigenvalue weighted by Crippen LogP contribution is 2.41. The quantitative estimate of drug-likeness (QED) is 0.109. The van der Waals surface area contributed by atoms with Crippen molar-refractivity contribution in [3.05, 3.63) is 66.0 Å². The highest BCUT2D eigenvalue weighted by atomic mass is 28.3. The summed E-state index contributed by atoms with van der Waals surface area (Å²) in [6.07, 6.45) is 3.16. The molecule has 3 heterocycles. The van der Waals surface area contributed by atoms with E-state index in [0.717, 1.165) is 18.2 Å². The van der Waals surface area contributed by atoms with Gasteiger partial charge in [0.1, 0.15) is 29.9 Å². The molecule has 2 amide bonds. The van der Waals surface area contributed by atoms with Crippen LogP contribution >= 0.6 is 0 Å². The molecule has 1 aliphatic heterocycles. The minimum atomic E-state index is -1.33. The fourth-order valence-electron chi connectivity index (χ4n) is 5.12. The van der Waals surface area contributed by atoms with Crippen LogP contribution in [0.4, 0.5) is 19.3 Å². The van der Waals surface area contributed by atoms with Crippen LogP contribution in [0.25, 0.3) is 22.2 Å². The minimum absolute atomic E-state index is 0.0673. The summed E-state index contributed by atoms with van der Waals surface area (Å²) >= 11 is 0. The maximum Gasteiger partial charge on any atom is 0.319 e. The molecule has 0 radical (unpaired) electrons. The molecule has 2 aromatic heterocycles. The van der Waals surface area contributed by atoms with Crippen LogP contribution in [0, 0.1) is 28.4 Å². The zero-order valence-electron chi connectivity index (χ0n) is 28.1. The summed E-state index contributed by atoms with van der Waals surface area (Å²) in [4.78, 5) is 17.0. The van der Waals surface area contributed by atoms with Crippen LogP contribution in [-0.2, 0) is 16.2 Å². The number of urea groups is 1. The van der Waals surface area contributed by atoms with Crippen molar-refractivity contribution in [1.82, 2.24) is 14.9 Å². The van der Waals surface area contributed by atoms with Crippen LogP contribution < -0.4 is 20.1 Å². The van der Waals surface area contributed by atoms with E-state index in [4.69, 9.17) is 18.9 Å². The molecule has 1 aliphatic rings. The lowest BCUT2D eigenvalue weighted by atomic mass is 9.89. The first-order chi connectivity index (χ1) is 22.7. The van der Waals surface area contributed by atoms with Gasteiger partial charge in [-0.1, -0.05) is 32.6 Å². The Kier molecular flexibility index (Phi) is 10.4. The predicted octanol–water partition coefficient (Wildman–Crippen LogP) is 7.90. The van der Waals surface area contributed by atoms with Crippen LogP contribution in [0.5, 0.6) is 17.2 Å². The number of benzene rings is 2. The van der Waals surface area contributed by atoms with E-state index >= 15 is 8.78 Å². The molecule has 0 spiro atoms. The topological polar surface area (TPSA) is 120 Å². The molecular formula is C35H41F2N5O5Si. The van der Waals surface area contributed by atoms with Gasteiger partial charge in [-0.15, -0.1) is 0 Å². The summed E-state index contributed by atoms with van der Waals surface area (Å²) in [5, 5.41) is 15.3. The minimum Gasteiger partial charge on any atom is -0.490 e. The van der Waals surface area contributed by atoms with Crippen LogP contribution in [0.3, 0.4) is 0 Å². The van der Waals surface area contributed by atoms with Gasteiger partial charge in [0.2, 0.25) is 0 Å². The largest absolute Gasteiger partial charge is 0.490 e. The number of pyridine rings is 1. The Hall–Kier alpha value is -4.51. The van der Waals surface area contributed by atoms with E-state index in [0.29, 0.717) is 59.8 Å². The molecular weight excluding hydrogens is 636 g/mol. The summed E-state index contributed by atoms with van der Waals surface area (Å²) in [6.45, 7) is 14.7. The highest BCUT2D eigenvalue weighted by molar-refractivity contribution is 6.76. The number of carbonyl (C=O) groups is 1. The summed E-state index contributed by atoms with van der Waals surface area (Å²) < 4.78 is 55.8. The Morgan fingerprint density at radius 2 is 1.88 bits per heavy atom. The molecule has 2 aromatic carbocycles. The molecule has 0 unspecified atom stereocenters. The van der Waals surface area contributed by atoms with Gasteiger partial charge >= 0.3 is 6.03 Å². The van der Waals surface area contributed by atoms with E-state index in [2.05, 4.69) is 41.3 Å². The van der Waals surface area contributed by atoms with Crippen molar-refractivity contribution >= 4 is 30.8 Å². The summed E-state index contributed by atoms with van der Waals surface area (Å²) in [6, 6.07) is 11.3. The van der Waals surface area contributed by atoms with Crippen LogP contribution in [0.1, 0.15) is 26.3 Å². The standard InChI is InChI=1S/C35H41F2N5O5Si/c1-22(2)46-30-13-23(7-8-24(30)16-38)26-17-42(21-44-11-12-48(4,5)6)33-31(26)29(9-10-39-33)47-32-27(36)14-25(15-28(32)37)41-34(43)40-18-35(3)19-45-20-35/h7-10,13-15,17,22H,11-12,18-21H2,1-6H3,(H2,40,41,43). The Morgan fingerprint density at radius 1 is 1.15 bits per heavy atom. The Bertz CT molecular complexity index is 1820. The van der Waals surface area contributed by atoms with Crippen molar-refractivity contribution < 1.29 is 32.5 Å². The summed E-state index contributed by atoms with van der Waals surface area (Å²) in [7, 11) is -1.33. The second-order valence-corrected chi connectivity index (χ2v) is 19.5. The second-order valence-electron chi connectivity index (χ2n) is 13.8. The SMILES string of the molecule is CC(C)Oc1cc(-c2cn(COCC[Si](C)(C)C)c3nccc(Oc4c(F)cc(NC(=O)NCC5(C)COC5)cc4F)c23)ccc1C#N. The number of nitrogens with one attached hydrogen (secondary N) is 2. The van der Waals surface area contributed by atoms with Crippen molar-refractivity contribution in [2.24, 2.45) is 5.41 Å². The molecule has 2 N–H and O–H groups in total. The molecule has 10 nitrogen and oxygen atoms in total. The number of amides is 2.